The van der Waals surface area contributed by atoms with Crippen LogP contribution in [0.1, 0.15) is 47.0 Å². The van der Waals surface area contributed by atoms with Gasteiger partial charge >= 0.3 is 0 Å². The van der Waals surface area contributed by atoms with E-state index in [9.17, 15) is 5.11 Å². The van der Waals surface area contributed by atoms with E-state index in [0.29, 0.717) is 6.04 Å². The molecule has 0 aromatic rings. The Morgan fingerprint density at radius 2 is 2.12 bits per heavy atom. The topological polar surface area (TPSA) is 32.7 Å². The van der Waals surface area contributed by atoms with Crippen molar-refractivity contribution in [2.75, 3.05) is 20.3 Å². The number of likely N-dealkylation sites (N-methyl/N-ethyl adjacent to an activating group) is 1. The van der Waals surface area contributed by atoms with Gasteiger partial charge in [-0.25, -0.2) is 0 Å². The number of methoxy groups -OCH3 is 1. The molecule has 1 aliphatic rings. The van der Waals surface area contributed by atoms with E-state index >= 15 is 0 Å². The van der Waals surface area contributed by atoms with Crippen molar-refractivity contribution in [1.82, 2.24) is 4.90 Å². The van der Waals surface area contributed by atoms with Crippen molar-refractivity contribution in [2.24, 2.45) is 5.41 Å². The molecule has 1 aliphatic carbocycles. The van der Waals surface area contributed by atoms with Crippen LogP contribution in [-0.4, -0.2) is 48.5 Å². The minimum Gasteiger partial charge on any atom is -0.391 e. The number of aliphatic hydroxyl groups is 1. The lowest BCUT2D eigenvalue weighted by Crippen LogP contribution is -2.55. The Bertz CT molecular complexity index is 230. The van der Waals surface area contributed by atoms with Crippen LogP contribution in [0.3, 0.4) is 0 Å². The second-order valence-electron chi connectivity index (χ2n) is 6.03. The maximum atomic E-state index is 10.5. The van der Waals surface area contributed by atoms with Crippen molar-refractivity contribution in [3.05, 3.63) is 0 Å². The van der Waals surface area contributed by atoms with E-state index in [2.05, 4.69) is 32.6 Å². The summed E-state index contributed by atoms with van der Waals surface area (Å²) in [4.78, 5) is 2.40. The molecule has 1 fully saturated rings. The molecule has 1 N–H and O–H groups in total. The summed E-state index contributed by atoms with van der Waals surface area (Å²) in [5.74, 6) is 0. The van der Waals surface area contributed by atoms with E-state index in [4.69, 9.17) is 4.74 Å². The third kappa shape index (κ3) is 3.43. The van der Waals surface area contributed by atoms with Crippen LogP contribution in [0.5, 0.6) is 0 Å². The van der Waals surface area contributed by atoms with Crippen molar-refractivity contribution >= 4 is 0 Å². The highest BCUT2D eigenvalue weighted by Crippen LogP contribution is 2.38. The van der Waals surface area contributed by atoms with Crippen LogP contribution in [0, 0.1) is 5.41 Å². The van der Waals surface area contributed by atoms with E-state index in [1.54, 1.807) is 7.11 Å². The number of ether oxygens (including phenoxy) is 1. The fraction of sp³-hybridized carbons (Fsp3) is 1.00. The lowest BCUT2D eigenvalue weighted by Gasteiger charge is -2.47. The van der Waals surface area contributed by atoms with Crippen molar-refractivity contribution in [3.63, 3.8) is 0 Å². The van der Waals surface area contributed by atoms with Gasteiger partial charge in [0, 0.05) is 19.2 Å². The summed E-state index contributed by atoms with van der Waals surface area (Å²) in [7, 11) is 1.74. The number of rotatable bonds is 5. The highest BCUT2D eigenvalue weighted by atomic mass is 16.5. The summed E-state index contributed by atoms with van der Waals surface area (Å²) in [5, 5.41) is 10.5. The fourth-order valence-electron chi connectivity index (χ4n) is 3.15. The molecule has 3 heteroatoms. The molecule has 0 aromatic carbocycles. The summed E-state index contributed by atoms with van der Waals surface area (Å²) < 4.78 is 5.24. The summed E-state index contributed by atoms with van der Waals surface area (Å²) in [6.07, 6.45) is 3.22. The maximum Gasteiger partial charge on any atom is 0.0746 e. The lowest BCUT2D eigenvalue weighted by atomic mass is 9.72. The molecule has 0 bridgehead atoms. The van der Waals surface area contributed by atoms with Crippen LogP contribution in [0.25, 0.3) is 0 Å². The van der Waals surface area contributed by atoms with Crippen molar-refractivity contribution in [3.8, 4) is 0 Å². The quantitative estimate of drug-likeness (QED) is 0.804. The zero-order valence-corrected chi connectivity index (χ0v) is 12.1. The highest BCUT2D eigenvalue weighted by molar-refractivity contribution is 4.94. The van der Waals surface area contributed by atoms with Gasteiger partial charge in [0.2, 0.25) is 0 Å². The van der Waals surface area contributed by atoms with Gasteiger partial charge in [-0.3, -0.25) is 4.90 Å². The SMILES string of the molecule is CCN(C(C)COC)C1CCCC(C)(C)C1O. The third-order valence-electron chi connectivity index (χ3n) is 4.25. The lowest BCUT2D eigenvalue weighted by molar-refractivity contribution is -0.0728. The molecule has 3 atom stereocenters. The number of hydrogen-bond acceptors (Lipinski definition) is 3. The second-order valence-corrected chi connectivity index (χ2v) is 6.03. The fourth-order valence-corrected chi connectivity index (χ4v) is 3.15. The molecule has 0 radical (unpaired) electrons. The van der Waals surface area contributed by atoms with Crippen LogP contribution in [0.4, 0.5) is 0 Å². The number of hydrogen-bond donors (Lipinski definition) is 1. The summed E-state index contributed by atoms with van der Waals surface area (Å²) in [6.45, 7) is 10.4. The highest BCUT2D eigenvalue weighted by Gasteiger charge is 2.40. The van der Waals surface area contributed by atoms with Crippen LogP contribution < -0.4 is 0 Å². The van der Waals surface area contributed by atoms with Crippen LogP contribution in [-0.2, 0) is 4.74 Å². The minimum absolute atomic E-state index is 0.0448. The molecule has 0 aliphatic heterocycles. The van der Waals surface area contributed by atoms with Gasteiger partial charge in [-0.05, 0) is 31.7 Å². The Hall–Kier alpha value is -0.120. The molecule has 3 unspecified atom stereocenters. The average Bonchev–Trinajstić information content (AvgIpc) is 2.25. The molecule has 102 valence electrons. The maximum absolute atomic E-state index is 10.5. The van der Waals surface area contributed by atoms with Gasteiger partial charge < -0.3 is 9.84 Å². The monoisotopic (exact) mass is 243 g/mol. The number of nitrogens with zero attached hydrogens (tertiary/aromatic N) is 1. The molecule has 0 saturated heterocycles. The molecule has 0 spiro atoms. The summed E-state index contributed by atoms with van der Waals surface area (Å²) in [6, 6.07) is 0.660. The Balaban J connectivity index is 2.73. The molecule has 1 rings (SSSR count). The van der Waals surface area contributed by atoms with E-state index in [-0.39, 0.29) is 17.6 Å². The minimum atomic E-state index is -0.226. The Morgan fingerprint density at radius 1 is 1.47 bits per heavy atom. The van der Waals surface area contributed by atoms with E-state index in [1.807, 2.05) is 0 Å². The second kappa shape index (κ2) is 6.17. The number of aliphatic hydroxyl groups excluding tert-OH is 1. The predicted octanol–water partition coefficient (Wildman–Crippen LogP) is 2.28. The smallest absolute Gasteiger partial charge is 0.0746 e. The first-order valence-electron chi connectivity index (χ1n) is 6.86. The Kier molecular flexibility index (Phi) is 5.42. The normalized spacial score (nSPS) is 30.5. The molecular formula is C14H29NO2. The first-order chi connectivity index (χ1) is 7.94. The molecule has 0 amide bonds. The molecule has 0 aromatic heterocycles. The first-order valence-corrected chi connectivity index (χ1v) is 6.86. The molecule has 3 nitrogen and oxygen atoms in total. The molecular weight excluding hydrogens is 214 g/mol. The zero-order chi connectivity index (χ0) is 13.1. The average molecular weight is 243 g/mol. The molecule has 1 saturated carbocycles. The van der Waals surface area contributed by atoms with E-state index in [0.717, 1.165) is 26.0 Å². The van der Waals surface area contributed by atoms with Gasteiger partial charge in [-0.2, -0.15) is 0 Å². The van der Waals surface area contributed by atoms with Gasteiger partial charge in [0.05, 0.1) is 12.7 Å². The van der Waals surface area contributed by atoms with Gasteiger partial charge in [-0.1, -0.05) is 27.2 Å². The Morgan fingerprint density at radius 3 is 2.65 bits per heavy atom. The third-order valence-corrected chi connectivity index (χ3v) is 4.25. The summed E-state index contributed by atoms with van der Waals surface area (Å²) in [5.41, 5.74) is 0.0448. The largest absolute Gasteiger partial charge is 0.391 e. The van der Waals surface area contributed by atoms with Crippen molar-refractivity contribution in [2.45, 2.75) is 65.1 Å². The summed E-state index contributed by atoms with van der Waals surface area (Å²) >= 11 is 0. The Labute approximate surface area is 106 Å². The zero-order valence-electron chi connectivity index (χ0n) is 12.1. The van der Waals surface area contributed by atoms with Crippen LogP contribution in [0.15, 0.2) is 0 Å². The first kappa shape index (κ1) is 14.9. The van der Waals surface area contributed by atoms with Crippen LogP contribution >= 0.6 is 0 Å². The van der Waals surface area contributed by atoms with Crippen molar-refractivity contribution in [1.29, 1.82) is 0 Å². The van der Waals surface area contributed by atoms with Gasteiger partial charge in [0.25, 0.3) is 0 Å². The van der Waals surface area contributed by atoms with Gasteiger partial charge in [-0.15, -0.1) is 0 Å². The van der Waals surface area contributed by atoms with Crippen LogP contribution in [0.2, 0.25) is 0 Å². The molecule has 0 heterocycles. The molecule has 17 heavy (non-hydrogen) atoms. The standard InChI is InChI=1S/C14H29NO2/c1-6-15(11(2)10-17-5)12-8-7-9-14(3,4)13(12)16/h11-13,16H,6-10H2,1-5H3. The van der Waals surface area contributed by atoms with Gasteiger partial charge in [0.1, 0.15) is 0 Å². The predicted molar refractivity (Wildman–Crippen MR) is 71.1 cm³/mol. The van der Waals surface area contributed by atoms with E-state index < -0.39 is 0 Å². The van der Waals surface area contributed by atoms with E-state index in [1.165, 1.54) is 6.42 Å². The van der Waals surface area contributed by atoms with Crippen molar-refractivity contribution < 1.29 is 9.84 Å². The van der Waals surface area contributed by atoms with Gasteiger partial charge in [0.15, 0.2) is 0 Å².